The van der Waals surface area contributed by atoms with Gasteiger partial charge >= 0.3 is 5.76 Å². The van der Waals surface area contributed by atoms with E-state index in [0.29, 0.717) is 12.2 Å². The Morgan fingerprint density at radius 3 is 2.42 bits per heavy atom. The average Bonchev–Trinajstić information content (AvgIpc) is 2.90. The lowest BCUT2D eigenvalue weighted by Gasteiger charge is -2.07. The minimum atomic E-state index is -4.53. The van der Waals surface area contributed by atoms with Gasteiger partial charge in [-0.15, -0.1) is 0 Å². The molecule has 1 aromatic heterocycles. The Morgan fingerprint density at radius 1 is 1.21 bits per heavy atom. The topological polar surface area (TPSA) is 74.8 Å². The second-order valence-electron chi connectivity index (χ2n) is 3.77. The number of hydrogen-bond donors (Lipinski definition) is 2. The van der Waals surface area contributed by atoms with Crippen molar-refractivity contribution >= 4 is 15.5 Å². The van der Waals surface area contributed by atoms with Crippen LogP contribution in [0, 0.1) is 0 Å². The van der Waals surface area contributed by atoms with E-state index in [9.17, 15) is 17.2 Å². The van der Waals surface area contributed by atoms with E-state index in [0.717, 1.165) is 17.8 Å². The summed E-state index contributed by atoms with van der Waals surface area (Å²) >= 11 is 0. The summed E-state index contributed by atoms with van der Waals surface area (Å²) in [4.78, 5) is -0.394. The monoisotopic (exact) mass is 287 g/mol. The van der Waals surface area contributed by atoms with E-state index in [1.807, 2.05) is 0 Å². The van der Waals surface area contributed by atoms with Crippen molar-refractivity contribution in [2.75, 3.05) is 5.32 Å². The largest absolute Gasteiger partial charge is 0.379 e. The summed E-state index contributed by atoms with van der Waals surface area (Å²) in [5.41, 5.74) is 1.48. The summed E-state index contributed by atoms with van der Waals surface area (Å²) in [6.07, 6.45) is 1.61. The van der Waals surface area contributed by atoms with Crippen LogP contribution in [0.1, 0.15) is 5.69 Å². The van der Waals surface area contributed by atoms with Crippen LogP contribution in [0.4, 0.5) is 14.5 Å². The summed E-state index contributed by atoms with van der Waals surface area (Å²) in [7, 11) is -4.53. The minimum absolute atomic E-state index is 0.394. The van der Waals surface area contributed by atoms with E-state index in [-0.39, 0.29) is 0 Å². The zero-order chi connectivity index (χ0) is 13.9. The van der Waals surface area contributed by atoms with Gasteiger partial charge in [0.1, 0.15) is 0 Å². The quantitative estimate of drug-likeness (QED) is 0.882. The summed E-state index contributed by atoms with van der Waals surface area (Å²) < 4.78 is 47.0. The van der Waals surface area contributed by atoms with Gasteiger partial charge in [0.25, 0.3) is 0 Å². The molecule has 0 aliphatic heterocycles. The highest BCUT2D eigenvalue weighted by atomic mass is 32.2. The Kier molecular flexibility index (Phi) is 3.79. The predicted molar refractivity (Wildman–Crippen MR) is 65.5 cm³/mol. The highest BCUT2D eigenvalue weighted by Gasteiger charge is 2.26. The molecule has 0 saturated carbocycles. The molecule has 102 valence electrons. The summed E-state index contributed by atoms with van der Waals surface area (Å²) in [6.45, 7) is 0.473. The molecule has 0 unspecified atom stereocenters. The maximum absolute atomic E-state index is 12.3. The Bertz CT molecular complexity index is 624. The fourth-order valence-corrected chi connectivity index (χ4v) is 2.17. The fraction of sp³-hybridized carbons (Fsp3) is 0.182. The lowest BCUT2D eigenvalue weighted by molar-refractivity contribution is 0.234. The second kappa shape index (κ2) is 5.35. The smallest absolute Gasteiger partial charge is 0.341 e. The summed E-state index contributed by atoms with van der Waals surface area (Å²) in [5, 5.41) is 9.52. The average molecular weight is 287 g/mol. The van der Waals surface area contributed by atoms with E-state index in [1.165, 1.54) is 12.1 Å². The standard InChI is InChI=1S/C11H11F2N3O2S/c12-11(13)19(17,18)10-3-1-8(2-4-10)14-7-9-5-6-15-16-9/h1-6,11,14H,7H2,(H,15,16). The summed E-state index contributed by atoms with van der Waals surface area (Å²) in [5.74, 6) is -3.41. The van der Waals surface area contributed by atoms with Gasteiger partial charge in [-0.3, -0.25) is 5.10 Å². The molecule has 0 atom stereocenters. The molecule has 0 radical (unpaired) electrons. The summed E-state index contributed by atoms with van der Waals surface area (Å²) in [6, 6.07) is 6.95. The van der Waals surface area contributed by atoms with Crippen LogP contribution in [-0.2, 0) is 16.4 Å². The molecule has 0 saturated heterocycles. The second-order valence-corrected chi connectivity index (χ2v) is 5.68. The highest BCUT2D eigenvalue weighted by molar-refractivity contribution is 7.91. The third-order valence-electron chi connectivity index (χ3n) is 2.46. The maximum Gasteiger partial charge on any atom is 0.341 e. The SMILES string of the molecule is O=S(=O)(c1ccc(NCc2ccn[nH]2)cc1)C(F)F. The van der Waals surface area contributed by atoms with E-state index in [2.05, 4.69) is 15.5 Å². The number of halogens is 2. The molecule has 2 rings (SSSR count). The zero-order valence-electron chi connectivity index (χ0n) is 9.68. The number of benzene rings is 1. The van der Waals surface area contributed by atoms with Crippen molar-refractivity contribution in [3.8, 4) is 0 Å². The Labute approximate surface area is 108 Å². The van der Waals surface area contributed by atoms with Crippen LogP contribution < -0.4 is 5.32 Å². The Morgan fingerprint density at radius 2 is 1.89 bits per heavy atom. The van der Waals surface area contributed by atoms with Gasteiger partial charge in [0, 0.05) is 11.9 Å². The molecule has 1 heterocycles. The number of rotatable bonds is 5. The molecular formula is C11H11F2N3O2S. The third kappa shape index (κ3) is 3.08. The molecule has 0 amide bonds. The lowest BCUT2D eigenvalue weighted by atomic mass is 10.3. The van der Waals surface area contributed by atoms with Crippen molar-refractivity contribution < 1.29 is 17.2 Å². The van der Waals surface area contributed by atoms with E-state index in [4.69, 9.17) is 0 Å². The number of nitrogens with one attached hydrogen (secondary N) is 2. The van der Waals surface area contributed by atoms with Gasteiger partial charge in [-0.2, -0.15) is 13.9 Å². The van der Waals surface area contributed by atoms with E-state index < -0.39 is 20.5 Å². The van der Waals surface area contributed by atoms with Gasteiger partial charge in [0.2, 0.25) is 9.84 Å². The molecule has 0 aliphatic carbocycles. The van der Waals surface area contributed by atoms with E-state index >= 15 is 0 Å². The van der Waals surface area contributed by atoms with Crippen LogP contribution in [0.5, 0.6) is 0 Å². The number of aromatic amines is 1. The van der Waals surface area contributed by atoms with Gasteiger partial charge < -0.3 is 5.32 Å². The van der Waals surface area contributed by atoms with Crippen molar-refractivity contribution in [3.05, 3.63) is 42.2 Å². The molecular weight excluding hydrogens is 276 g/mol. The van der Waals surface area contributed by atoms with Crippen LogP contribution >= 0.6 is 0 Å². The number of sulfone groups is 1. The zero-order valence-corrected chi connectivity index (χ0v) is 10.5. The molecule has 2 aromatic rings. The first-order valence-electron chi connectivity index (χ1n) is 5.34. The van der Waals surface area contributed by atoms with Gasteiger partial charge in [0.15, 0.2) is 0 Å². The molecule has 2 N–H and O–H groups in total. The maximum atomic E-state index is 12.3. The first-order valence-corrected chi connectivity index (χ1v) is 6.89. The molecule has 0 aliphatic rings. The molecule has 0 bridgehead atoms. The van der Waals surface area contributed by atoms with Gasteiger partial charge in [-0.05, 0) is 30.3 Å². The molecule has 19 heavy (non-hydrogen) atoms. The molecule has 8 heteroatoms. The fourth-order valence-electron chi connectivity index (χ4n) is 1.45. The normalized spacial score (nSPS) is 11.7. The van der Waals surface area contributed by atoms with Crippen LogP contribution in [0.3, 0.4) is 0 Å². The molecule has 0 spiro atoms. The highest BCUT2D eigenvalue weighted by Crippen LogP contribution is 2.20. The third-order valence-corrected chi connectivity index (χ3v) is 3.86. The predicted octanol–water partition coefficient (Wildman–Crippen LogP) is 2.02. The van der Waals surface area contributed by atoms with Gasteiger partial charge in [0.05, 0.1) is 17.1 Å². The van der Waals surface area contributed by atoms with Crippen molar-refractivity contribution in [1.29, 1.82) is 0 Å². The van der Waals surface area contributed by atoms with E-state index in [1.54, 1.807) is 12.3 Å². The molecule has 5 nitrogen and oxygen atoms in total. The number of hydrogen-bond acceptors (Lipinski definition) is 4. The van der Waals surface area contributed by atoms with Crippen LogP contribution in [-0.4, -0.2) is 24.4 Å². The van der Waals surface area contributed by atoms with Crippen molar-refractivity contribution in [3.63, 3.8) is 0 Å². The Hall–Kier alpha value is -1.96. The first-order chi connectivity index (χ1) is 9.00. The lowest BCUT2D eigenvalue weighted by Crippen LogP contribution is -2.11. The number of nitrogens with zero attached hydrogens (tertiary/aromatic N) is 1. The van der Waals surface area contributed by atoms with Crippen LogP contribution in [0.15, 0.2) is 41.4 Å². The van der Waals surface area contributed by atoms with Gasteiger partial charge in [-0.25, -0.2) is 8.42 Å². The van der Waals surface area contributed by atoms with Crippen LogP contribution in [0.2, 0.25) is 0 Å². The van der Waals surface area contributed by atoms with Crippen molar-refractivity contribution in [2.24, 2.45) is 0 Å². The van der Waals surface area contributed by atoms with Crippen LogP contribution in [0.25, 0.3) is 0 Å². The van der Waals surface area contributed by atoms with Crippen molar-refractivity contribution in [1.82, 2.24) is 10.2 Å². The molecule has 0 fully saturated rings. The van der Waals surface area contributed by atoms with Crippen molar-refractivity contribution in [2.45, 2.75) is 17.2 Å². The Balaban J connectivity index is 2.07. The first kappa shape index (κ1) is 13.5. The number of aromatic nitrogens is 2. The molecule has 1 aromatic carbocycles. The van der Waals surface area contributed by atoms with Gasteiger partial charge in [-0.1, -0.05) is 0 Å². The number of alkyl halides is 2. The number of H-pyrrole nitrogens is 1. The number of anilines is 1. The minimum Gasteiger partial charge on any atom is -0.379 e.